The lowest BCUT2D eigenvalue weighted by molar-refractivity contribution is -0.141. The van der Waals surface area contributed by atoms with Crippen molar-refractivity contribution < 1.29 is 28.5 Å². The zero-order valence-electron chi connectivity index (χ0n) is 15.7. The average Bonchev–Trinajstić information content (AvgIpc) is 2.67. The summed E-state index contributed by atoms with van der Waals surface area (Å²) >= 11 is 0. The highest BCUT2D eigenvalue weighted by Crippen LogP contribution is 2.38. The highest BCUT2D eigenvalue weighted by Gasteiger charge is 2.24. The van der Waals surface area contributed by atoms with Gasteiger partial charge in [-0.15, -0.1) is 0 Å². The van der Waals surface area contributed by atoms with Crippen LogP contribution in [-0.2, 0) is 20.7 Å². The summed E-state index contributed by atoms with van der Waals surface area (Å²) in [7, 11) is 6.11. The van der Waals surface area contributed by atoms with Crippen molar-refractivity contribution in [1.29, 1.82) is 0 Å². The van der Waals surface area contributed by atoms with E-state index in [2.05, 4.69) is 0 Å². The van der Waals surface area contributed by atoms with Gasteiger partial charge in [0.2, 0.25) is 17.6 Å². The molecule has 2 amide bonds. The number of nitrogens with zero attached hydrogens (tertiary/aromatic N) is 2. The number of ether oxygens (including phenoxy) is 4. The lowest BCUT2D eigenvalue weighted by Crippen LogP contribution is -2.51. The second-order valence-electron chi connectivity index (χ2n) is 5.90. The molecule has 1 aliphatic rings. The van der Waals surface area contributed by atoms with E-state index in [1.54, 1.807) is 36.2 Å². The van der Waals surface area contributed by atoms with Crippen molar-refractivity contribution in [3.05, 3.63) is 17.7 Å². The standard InChI is InChI=1S/C18H26N2O6/c1-23-12-17(22)20-7-5-19(6-8-20)16(21)11-13-9-14(24-2)18(26-4)15(10-13)25-3/h9-10H,5-8,11-12H2,1-4H3. The van der Waals surface area contributed by atoms with Gasteiger partial charge in [0.1, 0.15) is 6.61 Å². The minimum absolute atomic E-state index is 0.00175. The van der Waals surface area contributed by atoms with E-state index in [0.29, 0.717) is 43.4 Å². The van der Waals surface area contributed by atoms with Gasteiger partial charge in [-0.2, -0.15) is 0 Å². The number of hydrogen-bond donors (Lipinski definition) is 0. The first-order valence-corrected chi connectivity index (χ1v) is 8.37. The van der Waals surface area contributed by atoms with Crippen LogP contribution in [0.1, 0.15) is 5.56 Å². The van der Waals surface area contributed by atoms with Crippen LogP contribution in [0.25, 0.3) is 0 Å². The number of methoxy groups -OCH3 is 4. The number of piperazine rings is 1. The largest absolute Gasteiger partial charge is 0.493 e. The van der Waals surface area contributed by atoms with Crippen LogP contribution >= 0.6 is 0 Å². The monoisotopic (exact) mass is 366 g/mol. The Hall–Kier alpha value is -2.48. The third-order valence-electron chi connectivity index (χ3n) is 4.33. The van der Waals surface area contributed by atoms with E-state index in [4.69, 9.17) is 18.9 Å². The van der Waals surface area contributed by atoms with Crippen LogP contribution in [-0.4, -0.2) is 82.8 Å². The Morgan fingerprint density at radius 1 is 0.846 bits per heavy atom. The van der Waals surface area contributed by atoms with Crippen molar-refractivity contribution >= 4 is 11.8 Å². The second kappa shape index (κ2) is 9.28. The molecule has 1 aliphatic heterocycles. The molecule has 0 aromatic heterocycles. The predicted molar refractivity (Wildman–Crippen MR) is 94.8 cm³/mol. The lowest BCUT2D eigenvalue weighted by Gasteiger charge is -2.34. The molecule has 0 aliphatic carbocycles. The first-order valence-electron chi connectivity index (χ1n) is 8.37. The van der Waals surface area contributed by atoms with Crippen LogP contribution in [0.4, 0.5) is 0 Å². The van der Waals surface area contributed by atoms with Gasteiger partial charge in [-0.05, 0) is 17.7 Å². The highest BCUT2D eigenvalue weighted by molar-refractivity contribution is 5.81. The summed E-state index contributed by atoms with van der Waals surface area (Å²) in [4.78, 5) is 27.9. The maximum absolute atomic E-state index is 12.6. The van der Waals surface area contributed by atoms with Gasteiger partial charge in [-0.25, -0.2) is 0 Å². The van der Waals surface area contributed by atoms with Gasteiger partial charge in [0.05, 0.1) is 27.8 Å². The Morgan fingerprint density at radius 3 is 1.77 bits per heavy atom. The smallest absolute Gasteiger partial charge is 0.248 e. The van der Waals surface area contributed by atoms with Crippen molar-refractivity contribution in [3.63, 3.8) is 0 Å². The zero-order chi connectivity index (χ0) is 19.1. The molecular formula is C18H26N2O6. The summed E-state index contributed by atoms with van der Waals surface area (Å²) in [6.07, 6.45) is 0.225. The van der Waals surface area contributed by atoms with Gasteiger partial charge in [0.25, 0.3) is 0 Å². The Kier molecular flexibility index (Phi) is 7.08. The first kappa shape index (κ1) is 19.8. The molecule has 144 valence electrons. The second-order valence-corrected chi connectivity index (χ2v) is 5.90. The van der Waals surface area contributed by atoms with E-state index in [-0.39, 0.29) is 24.8 Å². The Morgan fingerprint density at radius 2 is 1.35 bits per heavy atom. The van der Waals surface area contributed by atoms with Gasteiger partial charge >= 0.3 is 0 Å². The highest BCUT2D eigenvalue weighted by atomic mass is 16.5. The van der Waals surface area contributed by atoms with Gasteiger partial charge in [0.15, 0.2) is 11.5 Å². The molecule has 0 atom stereocenters. The van der Waals surface area contributed by atoms with Crippen LogP contribution in [0, 0.1) is 0 Å². The van der Waals surface area contributed by atoms with Crippen molar-refractivity contribution in [1.82, 2.24) is 9.80 Å². The molecule has 0 bridgehead atoms. The number of benzene rings is 1. The molecule has 1 fully saturated rings. The maximum atomic E-state index is 12.6. The minimum Gasteiger partial charge on any atom is -0.493 e. The van der Waals surface area contributed by atoms with Crippen LogP contribution in [0.15, 0.2) is 12.1 Å². The topological polar surface area (TPSA) is 77.5 Å². The van der Waals surface area contributed by atoms with Crippen LogP contribution in [0.5, 0.6) is 17.2 Å². The third-order valence-corrected chi connectivity index (χ3v) is 4.33. The Bertz CT molecular complexity index is 616. The molecule has 8 nitrogen and oxygen atoms in total. The van der Waals surface area contributed by atoms with E-state index in [0.717, 1.165) is 5.56 Å². The number of hydrogen-bond acceptors (Lipinski definition) is 6. The van der Waals surface area contributed by atoms with Gasteiger partial charge < -0.3 is 28.7 Å². The van der Waals surface area contributed by atoms with Crippen molar-refractivity contribution in [2.75, 3.05) is 61.2 Å². The zero-order valence-corrected chi connectivity index (χ0v) is 15.7. The van der Waals surface area contributed by atoms with Crippen molar-refractivity contribution in [2.45, 2.75) is 6.42 Å². The third kappa shape index (κ3) is 4.57. The van der Waals surface area contributed by atoms with E-state index in [9.17, 15) is 9.59 Å². The maximum Gasteiger partial charge on any atom is 0.248 e. The molecule has 2 rings (SSSR count). The number of amides is 2. The minimum atomic E-state index is -0.0516. The summed E-state index contributed by atoms with van der Waals surface area (Å²) in [6, 6.07) is 3.55. The Balaban J connectivity index is 2.01. The summed E-state index contributed by atoms with van der Waals surface area (Å²) in [6.45, 7) is 2.13. The fourth-order valence-electron chi connectivity index (χ4n) is 2.94. The molecule has 0 unspecified atom stereocenters. The molecule has 0 saturated carbocycles. The van der Waals surface area contributed by atoms with E-state index in [1.165, 1.54) is 14.2 Å². The molecule has 26 heavy (non-hydrogen) atoms. The molecule has 0 spiro atoms. The van der Waals surface area contributed by atoms with Crippen LogP contribution < -0.4 is 14.2 Å². The Labute approximate surface area is 153 Å². The summed E-state index contributed by atoms with van der Waals surface area (Å²) in [5.74, 6) is 1.48. The van der Waals surface area contributed by atoms with Gasteiger partial charge in [-0.1, -0.05) is 0 Å². The number of carbonyl (C=O) groups is 2. The fraction of sp³-hybridized carbons (Fsp3) is 0.556. The van der Waals surface area contributed by atoms with Crippen molar-refractivity contribution in [2.24, 2.45) is 0 Å². The summed E-state index contributed by atoms with van der Waals surface area (Å²) in [5, 5.41) is 0. The van der Waals surface area contributed by atoms with Crippen LogP contribution in [0.2, 0.25) is 0 Å². The number of carbonyl (C=O) groups excluding carboxylic acids is 2. The number of rotatable bonds is 7. The fourth-order valence-corrected chi connectivity index (χ4v) is 2.94. The molecule has 0 radical (unpaired) electrons. The van der Waals surface area contributed by atoms with Crippen molar-refractivity contribution in [3.8, 4) is 17.2 Å². The van der Waals surface area contributed by atoms with Gasteiger partial charge in [-0.3, -0.25) is 9.59 Å². The normalized spacial score (nSPS) is 14.2. The summed E-state index contributed by atoms with van der Waals surface area (Å²) < 4.78 is 20.8. The van der Waals surface area contributed by atoms with E-state index < -0.39 is 0 Å². The molecule has 1 heterocycles. The quantitative estimate of drug-likeness (QED) is 0.702. The molecular weight excluding hydrogens is 340 g/mol. The summed E-state index contributed by atoms with van der Waals surface area (Å²) in [5.41, 5.74) is 0.780. The molecule has 8 heteroatoms. The molecule has 1 saturated heterocycles. The van der Waals surface area contributed by atoms with E-state index in [1.807, 2.05) is 0 Å². The predicted octanol–water partition coefficient (Wildman–Crippen LogP) is 0.572. The molecule has 1 aromatic carbocycles. The molecule has 1 aromatic rings. The first-order chi connectivity index (χ1) is 12.5. The lowest BCUT2D eigenvalue weighted by atomic mass is 10.1. The van der Waals surface area contributed by atoms with E-state index >= 15 is 0 Å². The molecule has 0 N–H and O–H groups in total. The average molecular weight is 366 g/mol. The van der Waals surface area contributed by atoms with Gasteiger partial charge in [0, 0.05) is 33.3 Å². The SMILES string of the molecule is COCC(=O)N1CCN(C(=O)Cc2cc(OC)c(OC)c(OC)c2)CC1. The van der Waals surface area contributed by atoms with Crippen LogP contribution in [0.3, 0.4) is 0 Å².